The lowest BCUT2D eigenvalue weighted by molar-refractivity contribution is -0.385. The normalized spacial score (nSPS) is 11.0. The van der Waals surface area contributed by atoms with E-state index in [0.29, 0.717) is 0 Å². The highest BCUT2D eigenvalue weighted by Gasteiger charge is 2.21. The minimum Gasteiger partial charge on any atom is -0.501 e. The number of nitro groups is 1. The lowest BCUT2D eigenvalue weighted by atomic mass is 10.2. The van der Waals surface area contributed by atoms with Crippen molar-refractivity contribution in [1.29, 1.82) is 0 Å². The molecule has 20 heavy (non-hydrogen) atoms. The molecular formula is C12H10N2O5S. The van der Waals surface area contributed by atoms with E-state index in [2.05, 4.69) is 4.72 Å². The largest absolute Gasteiger partial charge is 0.501 e. The van der Waals surface area contributed by atoms with Gasteiger partial charge in [0.2, 0.25) is 5.75 Å². The predicted octanol–water partition coefficient (Wildman–Crippen LogP) is 2.10. The number of hydrogen-bond acceptors (Lipinski definition) is 5. The molecule has 7 nitrogen and oxygen atoms in total. The van der Waals surface area contributed by atoms with Gasteiger partial charge in [0.05, 0.1) is 15.5 Å². The molecular weight excluding hydrogens is 284 g/mol. The van der Waals surface area contributed by atoms with Crippen LogP contribution in [-0.4, -0.2) is 18.4 Å². The van der Waals surface area contributed by atoms with Crippen molar-refractivity contribution < 1.29 is 18.4 Å². The lowest BCUT2D eigenvalue weighted by Gasteiger charge is -2.09. The van der Waals surface area contributed by atoms with Crippen molar-refractivity contribution in [3.05, 3.63) is 58.6 Å². The summed E-state index contributed by atoms with van der Waals surface area (Å²) in [6, 6.07) is 11.1. The minimum absolute atomic E-state index is 0.00842. The second-order valence-electron chi connectivity index (χ2n) is 3.85. The van der Waals surface area contributed by atoms with Gasteiger partial charge in [-0.05, 0) is 18.2 Å². The van der Waals surface area contributed by atoms with Crippen molar-refractivity contribution in [1.82, 2.24) is 0 Å². The molecule has 0 heterocycles. The van der Waals surface area contributed by atoms with E-state index < -0.39 is 26.4 Å². The number of nitrogens with zero attached hydrogens (tertiary/aromatic N) is 1. The van der Waals surface area contributed by atoms with Gasteiger partial charge in [0.1, 0.15) is 0 Å². The van der Waals surface area contributed by atoms with Gasteiger partial charge < -0.3 is 5.11 Å². The van der Waals surface area contributed by atoms with Crippen molar-refractivity contribution in [3.63, 3.8) is 0 Å². The summed E-state index contributed by atoms with van der Waals surface area (Å²) in [7, 11) is -3.91. The maximum absolute atomic E-state index is 12.0. The van der Waals surface area contributed by atoms with Gasteiger partial charge in [-0.1, -0.05) is 24.3 Å². The second-order valence-corrected chi connectivity index (χ2v) is 5.53. The van der Waals surface area contributed by atoms with Crippen LogP contribution in [0.25, 0.3) is 0 Å². The van der Waals surface area contributed by atoms with Gasteiger partial charge in [0.15, 0.2) is 0 Å². The highest BCUT2D eigenvalue weighted by molar-refractivity contribution is 7.92. The van der Waals surface area contributed by atoms with E-state index in [1.54, 1.807) is 18.2 Å². The zero-order valence-corrected chi connectivity index (χ0v) is 10.9. The molecule has 0 saturated carbocycles. The first-order valence-electron chi connectivity index (χ1n) is 5.46. The van der Waals surface area contributed by atoms with Gasteiger partial charge in [-0.15, -0.1) is 0 Å². The number of phenols is 1. The molecule has 0 fully saturated rings. The van der Waals surface area contributed by atoms with Gasteiger partial charge in [-0.25, -0.2) is 8.42 Å². The zero-order chi connectivity index (χ0) is 14.8. The number of nitrogens with one attached hydrogen (secondary N) is 1. The van der Waals surface area contributed by atoms with Crippen LogP contribution in [0.2, 0.25) is 0 Å². The second kappa shape index (κ2) is 5.17. The summed E-state index contributed by atoms with van der Waals surface area (Å²) in [5.74, 6) is -0.725. The van der Waals surface area contributed by atoms with Crippen LogP contribution in [0.3, 0.4) is 0 Å². The number of rotatable bonds is 4. The van der Waals surface area contributed by atoms with Crippen LogP contribution in [0, 0.1) is 10.1 Å². The topological polar surface area (TPSA) is 110 Å². The van der Waals surface area contributed by atoms with Crippen LogP contribution in [0.5, 0.6) is 5.75 Å². The Morgan fingerprint density at radius 1 is 1.05 bits per heavy atom. The van der Waals surface area contributed by atoms with Crippen molar-refractivity contribution in [2.45, 2.75) is 4.90 Å². The molecule has 0 atom stereocenters. The number of sulfonamides is 1. The van der Waals surface area contributed by atoms with E-state index in [0.717, 1.165) is 6.07 Å². The summed E-state index contributed by atoms with van der Waals surface area (Å²) in [5, 5.41) is 20.4. The molecule has 0 aliphatic carbocycles. The summed E-state index contributed by atoms with van der Waals surface area (Å²) in [6.07, 6.45) is 0. The van der Waals surface area contributed by atoms with Crippen molar-refractivity contribution in [3.8, 4) is 5.75 Å². The average molecular weight is 294 g/mol. The molecule has 0 unspecified atom stereocenters. The summed E-state index contributed by atoms with van der Waals surface area (Å²) in [5.41, 5.74) is -0.818. The first kappa shape index (κ1) is 13.8. The molecule has 0 aliphatic heterocycles. The predicted molar refractivity (Wildman–Crippen MR) is 72.0 cm³/mol. The van der Waals surface area contributed by atoms with Gasteiger partial charge in [0.25, 0.3) is 10.0 Å². The van der Waals surface area contributed by atoms with Crippen LogP contribution < -0.4 is 4.72 Å². The highest BCUT2D eigenvalue weighted by Crippen LogP contribution is 2.34. The van der Waals surface area contributed by atoms with Crippen LogP contribution in [0.4, 0.5) is 11.4 Å². The Hall–Kier alpha value is -2.61. The van der Waals surface area contributed by atoms with E-state index >= 15 is 0 Å². The molecule has 0 radical (unpaired) electrons. The molecule has 0 bridgehead atoms. The molecule has 2 N–H and O–H groups in total. The smallest absolute Gasteiger partial charge is 0.312 e. The third-order valence-electron chi connectivity index (χ3n) is 2.51. The maximum Gasteiger partial charge on any atom is 0.312 e. The fraction of sp³-hybridized carbons (Fsp3) is 0. The standard InChI is InChI=1S/C12H10N2O5S/c15-12-10(7-4-8-11(12)14(16)17)13-20(18,19)9-5-2-1-3-6-9/h1-8,13,15H. The summed E-state index contributed by atoms with van der Waals surface area (Å²) in [6.45, 7) is 0. The van der Waals surface area contributed by atoms with Crippen molar-refractivity contribution >= 4 is 21.4 Å². The Balaban J connectivity index is 2.41. The summed E-state index contributed by atoms with van der Waals surface area (Å²) < 4.78 is 26.2. The van der Waals surface area contributed by atoms with E-state index in [1.165, 1.54) is 24.3 Å². The van der Waals surface area contributed by atoms with Crippen molar-refractivity contribution in [2.24, 2.45) is 0 Å². The van der Waals surface area contributed by atoms with Crippen LogP contribution in [0.1, 0.15) is 0 Å². The summed E-state index contributed by atoms with van der Waals surface area (Å²) >= 11 is 0. The van der Waals surface area contributed by atoms with Crippen molar-refractivity contribution in [2.75, 3.05) is 4.72 Å². The van der Waals surface area contributed by atoms with E-state index in [1.807, 2.05) is 0 Å². The third-order valence-corrected chi connectivity index (χ3v) is 3.89. The number of para-hydroxylation sites is 1. The lowest BCUT2D eigenvalue weighted by Crippen LogP contribution is -2.13. The molecule has 2 aromatic carbocycles. The zero-order valence-electron chi connectivity index (χ0n) is 10.1. The van der Waals surface area contributed by atoms with Crippen LogP contribution in [0.15, 0.2) is 53.4 Å². The SMILES string of the molecule is O=[N+]([O-])c1cccc(NS(=O)(=O)c2ccccc2)c1O. The van der Waals surface area contributed by atoms with Gasteiger partial charge in [0, 0.05) is 6.07 Å². The molecule has 2 aromatic rings. The first-order chi connectivity index (χ1) is 9.42. The number of anilines is 1. The molecule has 0 aliphatic rings. The Morgan fingerprint density at radius 2 is 1.70 bits per heavy atom. The van der Waals surface area contributed by atoms with E-state index in [9.17, 15) is 23.6 Å². The Kier molecular flexibility index (Phi) is 3.57. The fourth-order valence-electron chi connectivity index (χ4n) is 1.56. The highest BCUT2D eigenvalue weighted by atomic mass is 32.2. The maximum atomic E-state index is 12.0. The molecule has 2 rings (SSSR count). The third kappa shape index (κ3) is 2.69. The minimum atomic E-state index is -3.91. The first-order valence-corrected chi connectivity index (χ1v) is 6.94. The number of nitro benzene ring substituents is 1. The van der Waals surface area contributed by atoms with Crippen LogP contribution >= 0.6 is 0 Å². The monoisotopic (exact) mass is 294 g/mol. The molecule has 0 spiro atoms. The molecule has 0 saturated heterocycles. The van der Waals surface area contributed by atoms with Gasteiger partial charge in [-0.2, -0.15) is 0 Å². The molecule has 8 heteroatoms. The number of hydrogen-bond donors (Lipinski definition) is 2. The van der Waals surface area contributed by atoms with Gasteiger partial charge >= 0.3 is 5.69 Å². The molecule has 0 aromatic heterocycles. The van der Waals surface area contributed by atoms with Crippen LogP contribution in [-0.2, 0) is 10.0 Å². The molecule has 104 valence electrons. The Morgan fingerprint density at radius 3 is 2.30 bits per heavy atom. The fourth-order valence-corrected chi connectivity index (χ4v) is 2.65. The summed E-state index contributed by atoms with van der Waals surface area (Å²) in [4.78, 5) is 9.87. The van der Waals surface area contributed by atoms with Gasteiger partial charge in [-0.3, -0.25) is 14.8 Å². The van der Waals surface area contributed by atoms with E-state index in [4.69, 9.17) is 0 Å². The number of benzene rings is 2. The molecule has 0 amide bonds. The quantitative estimate of drug-likeness (QED) is 0.510. The Bertz CT molecular complexity index is 744. The number of aromatic hydroxyl groups is 1. The number of phenolic OH excluding ortho intramolecular Hbond substituents is 1. The average Bonchev–Trinajstić information content (AvgIpc) is 2.41. The van der Waals surface area contributed by atoms with E-state index in [-0.39, 0.29) is 10.6 Å². The Labute approximate surface area is 114 Å².